The summed E-state index contributed by atoms with van der Waals surface area (Å²) in [5.74, 6) is 0.524. The Bertz CT molecular complexity index is 1120. The van der Waals surface area contributed by atoms with Gasteiger partial charge in [0.25, 0.3) is 0 Å². The summed E-state index contributed by atoms with van der Waals surface area (Å²) in [7, 11) is 0. The third-order valence-electron chi connectivity index (χ3n) is 6.21. The average molecular weight is 417 g/mol. The van der Waals surface area contributed by atoms with Crippen LogP contribution in [-0.4, -0.2) is 0 Å². The van der Waals surface area contributed by atoms with Crippen LogP contribution < -0.4 is 0 Å². The fraction of sp³-hybridized carbons (Fsp3) is 0.188. The van der Waals surface area contributed by atoms with E-state index in [0.717, 1.165) is 19.3 Å². The molecular weight excluding hydrogens is 384 g/mol. The van der Waals surface area contributed by atoms with Crippen LogP contribution in [0.5, 0.6) is 0 Å². The minimum absolute atomic E-state index is 0.524. The van der Waals surface area contributed by atoms with Gasteiger partial charge >= 0.3 is 0 Å². The first-order valence-electron chi connectivity index (χ1n) is 11.7. The van der Waals surface area contributed by atoms with Gasteiger partial charge in [-0.05, 0) is 71.0 Å². The first kappa shape index (κ1) is 21.8. The monoisotopic (exact) mass is 416 g/mol. The normalized spacial score (nSPS) is 12.2. The quantitative estimate of drug-likeness (QED) is 0.252. The highest BCUT2D eigenvalue weighted by Crippen LogP contribution is 2.27. The van der Waals surface area contributed by atoms with Gasteiger partial charge in [-0.2, -0.15) is 0 Å². The second kappa shape index (κ2) is 10.8. The van der Waals surface area contributed by atoms with E-state index in [-0.39, 0.29) is 0 Å². The molecular formula is C32H32. The van der Waals surface area contributed by atoms with Crippen molar-refractivity contribution >= 4 is 0 Å². The summed E-state index contributed by atoms with van der Waals surface area (Å²) in [4.78, 5) is 0. The summed E-state index contributed by atoms with van der Waals surface area (Å²) in [6.07, 6.45) is 7.61. The molecule has 4 aromatic rings. The third-order valence-corrected chi connectivity index (χ3v) is 6.21. The molecule has 0 N–H and O–H groups in total. The Morgan fingerprint density at radius 2 is 1.06 bits per heavy atom. The number of allylic oxidation sites excluding steroid dienone is 2. The van der Waals surface area contributed by atoms with E-state index in [1.165, 1.54) is 38.9 Å². The summed E-state index contributed by atoms with van der Waals surface area (Å²) >= 11 is 0. The molecule has 0 fully saturated rings. The van der Waals surface area contributed by atoms with E-state index < -0.39 is 0 Å². The van der Waals surface area contributed by atoms with E-state index in [2.05, 4.69) is 129 Å². The van der Waals surface area contributed by atoms with Gasteiger partial charge < -0.3 is 0 Å². The van der Waals surface area contributed by atoms with Crippen LogP contribution >= 0.6 is 0 Å². The van der Waals surface area contributed by atoms with Crippen molar-refractivity contribution < 1.29 is 0 Å². The van der Waals surface area contributed by atoms with Crippen LogP contribution in [0.2, 0.25) is 0 Å². The standard InChI is InChI=1S/C32H32/c1-3-4-6-9-26-12-16-29(17-13-26)31-20-22-32(23-21-31)30-18-14-27(15-19-30)24-25(2)28-10-7-5-8-11-28/h3-5,7-8,10-23,25H,6,9,24H2,1-2H3/b4-3+/t25-/m0/s1. The van der Waals surface area contributed by atoms with Gasteiger partial charge in [0, 0.05) is 0 Å². The van der Waals surface area contributed by atoms with Gasteiger partial charge in [-0.25, -0.2) is 0 Å². The van der Waals surface area contributed by atoms with E-state index in [4.69, 9.17) is 0 Å². The van der Waals surface area contributed by atoms with Gasteiger partial charge in [0.05, 0.1) is 0 Å². The van der Waals surface area contributed by atoms with Crippen LogP contribution in [-0.2, 0) is 12.8 Å². The molecule has 0 unspecified atom stereocenters. The molecule has 1 atom stereocenters. The highest BCUT2D eigenvalue weighted by Gasteiger charge is 2.07. The molecule has 0 nitrogen and oxygen atoms in total. The fourth-order valence-electron chi connectivity index (χ4n) is 4.22. The lowest BCUT2D eigenvalue weighted by Gasteiger charge is -2.12. The zero-order valence-corrected chi connectivity index (χ0v) is 19.2. The lowest BCUT2D eigenvalue weighted by molar-refractivity contribution is 0.759. The van der Waals surface area contributed by atoms with Crippen LogP contribution in [0.3, 0.4) is 0 Å². The molecule has 0 saturated carbocycles. The maximum Gasteiger partial charge on any atom is -0.0150 e. The van der Waals surface area contributed by atoms with Crippen LogP contribution in [0, 0.1) is 0 Å². The molecule has 32 heavy (non-hydrogen) atoms. The second-order valence-corrected chi connectivity index (χ2v) is 8.59. The van der Waals surface area contributed by atoms with Crippen LogP contribution in [0.4, 0.5) is 0 Å². The lowest BCUT2D eigenvalue weighted by Crippen LogP contribution is -1.98. The van der Waals surface area contributed by atoms with Gasteiger partial charge in [0.2, 0.25) is 0 Å². The Morgan fingerprint density at radius 3 is 1.56 bits per heavy atom. The summed E-state index contributed by atoms with van der Waals surface area (Å²) in [5, 5.41) is 0. The highest BCUT2D eigenvalue weighted by molar-refractivity contribution is 5.70. The van der Waals surface area contributed by atoms with Gasteiger partial charge in [-0.1, -0.05) is 122 Å². The molecule has 4 rings (SSSR count). The van der Waals surface area contributed by atoms with Gasteiger partial charge in [-0.3, -0.25) is 0 Å². The average Bonchev–Trinajstić information content (AvgIpc) is 2.86. The molecule has 0 heterocycles. The summed E-state index contributed by atoms with van der Waals surface area (Å²) in [6.45, 7) is 4.38. The molecule has 0 radical (unpaired) electrons. The molecule has 0 spiro atoms. The zero-order chi connectivity index (χ0) is 22.2. The van der Waals surface area contributed by atoms with E-state index >= 15 is 0 Å². The largest absolute Gasteiger partial charge is 0.0917 e. The summed E-state index contributed by atoms with van der Waals surface area (Å²) in [5.41, 5.74) is 9.25. The van der Waals surface area contributed by atoms with Gasteiger partial charge in [0.1, 0.15) is 0 Å². The molecule has 0 bridgehead atoms. The number of rotatable bonds is 8. The molecule has 0 aliphatic heterocycles. The van der Waals surface area contributed by atoms with Crippen molar-refractivity contribution in [3.8, 4) is 22.3 Å². The van der Waals surface area contributed by atoms with Crippen LogP contribution in [0.15, 0.2) is 115 Å². The summed E-state index contributed by atoms with van der Waals surface area (Å²) in [6, 6.07) is 37.7. The highest BCUT2D eigenvalue weighted by atomic mass is 14.1. The predicted molar refractivity (Wildman–Crippen MR) is 139 cm³/mol. The minimum Gasteiger partial charge on any atom is -0.0917 e. The van der Waals surface area contributed by atoms with Crippen LogP contribution in [0.1, 0.15) is 42.9 Å². The number of hydrogen-bond acceptors (Lipinski definition) is 0. The Morgan fingerprint density at radius 1 is 0.594 bits per heavy atom. The Hall–Kier alpha value is -3.38. The van der Waals surface area contributed by atoms with Gasteiger partial charge in [-0.15, -0.1) is 0 Å². The van der Waals surface area contributed by atoms with Crippen molar-refractivity contribution in [1.82, 2.24) is 0 Å². The molecule has 0 heteroatoms. The van der Waals surface area contributed by atoms with Gasteiger partial charge in [0.15, 0.2) is 0 Å². The molecule has 0 aliphatic carbocycles. The Labute approximate surface area is 193 Å². The van der Waals surface area contributed by atoms with E-state index in [0.29, 0.717) is 5.92 Å². The van der Waals surface area contributed by atoms with Crippen molar-refractivity contribution in [2.24, 2.45) is 0 Å². The zero-order valence-electron chi connectivity index (χ0n) is 19.2. The summed E-state index contributed by atoms with van der Waals surface area (Å²) < 4.78 is 0. The topological polar surface area (TPSA) is 0 Å². The second-order valence-electron chi connectivity index (χ2n) is 8.59. The third kappa shape index (κ3) is 5.65. The van der Waals surface area contributed by atoms with Crippen molar-refractivity contribution in [2.45, 2.75) is 39.0 Å². The first-order valence-corrected chi connectivity index (χ1v) is 11.7. The van der Waals surface area contributed by atoms with Crippen molar-refractivity contribution in [3.05, 3.63) is 132 Å². The number of benzene rings is 4. The molecule has 160 valence electrons. The van der Waals surface area contributed by atoms with Crippen LogP contribution in [0.25, 0.3) is 22.3 Å². The first-order chi connectivity index (χ1) is 15.7. The van der Waals surface area contributed by atoms with Crippen molar-refractivity contribution in [3.63, 3.8) is 0 Å². The molecule has 0 amide bonds. The fourth-order valence-corrected chi connectivity index (χ4v) is 4.22. The number of hydrogen-bond donors (Lipinski definition) is 0. The van der Waals surface area contributed by atoms with E-state index in [1.807, 2.05) is 0 Å². The predicted octanol–water partition coefficient (Wildman–Crippen LogP) is 8.88. The molecule has 0 aliphatic rings. The Balaban J connectivity index is 1.40. The molecule has 0 saturated heterocycles. The minimum atomic E-state index is 0.524. The van der Waals surface area contributed by atoms with E-state index in [1.54, 1.807) is 0 Å². The molecule has 0 aromatic heterocycles. The SMILES string of the molecule is C/C=C/CCc1ccc(-c2ccc(-c3ccc(C[C@H](C)c4ccccc4)cc3)cc2)cc1. The van der Waals surface area contributed by atoms with E-state index in [9.17, 15) is 0 Å². The number of aryl methyl sites for hydroxylation is 1. The maximum absolute atomic E-state index is 2.30. The Kier molecular flexibility index (Phi) is 7.35. The maximum atomic E-state index is 2.30. The lowest BCUT2D eigenvalue weighted by atomic mass is 9.92. The van der Waals surface area contributed by atoms with Crippen molar-refractivity contribution in [1.29, 1.82) is 0 Å². The smallest absolute Gasteiger partial charge is 0.0150 e. The molecule has 4 aromatic carbocycles. The van der Waals surface area contributed by atoms with Crippen molar-refractivity contribution in [2.75, 3.05) is 0 Å².